The Bertz CT molecular complexity index is 477. The molecule has 21 heavy (non-hydrogen) atoms. The van der Waals surface area contributed by atoms with Crippen LogP contribution in [-0.2, 0) is 0 Å². The lowest BCUT2D eigenvalue weighted by molar-refractivity contribution is -0.142. The molecule has 0 heterocycles. The summed E-state index contributed by atoms with van der Waals surface area (Å²) in [5.41, 5.74) is 6.33. The Morgan fingerprint density at radius 2 is 2.05 bits per heavy atom. The van der Waals surface area contributed by atoms with E-state index in [0.29, 0.717) is 11.4 Å². The number of guanidine groups is 1. The lowest BCUT2D eigenvalue weighted by Crippen LogP contribution is -2.33. The topological polar surface area (TPSA) is 62.9 Å². The van der Waals surface area contributed by atoms with E-state index >= 15 is 0 Å². The number of rotatable bonds is 6. The van der Waals surface area contributed by atoms with Crippen molar-refractivity contribution in [1.29, 1.82) is 0 Å². The van der Waals surface area contributed by atoms with Crippen molar-refractivity contribution in [3.8, 4) is 5.75 Å². The highest BCUT2D eigenvalue weighted by atomic mass is 19.4. The molecule has 0 amide bonds. The number of nitrogens with zero attached hydrogens (tertiary/aromatic N) is 2. The molecule has 0 aromatic heterocycles. The number of nitrogens with two attached hydrogens (primary N) is 1. The molecule has 0 atom stereocenters. The molecule has 0 radical (unpaired) electrons. The number of methoxy groups -OCH3 is 1. The highest BCUT2D eigenvalue weighted by molar-refractivity contribution is 5.93. The number of halogens is 3. The largest absolute Gasteiger partial charge is 0.495 e. The Morgan fingerprint density at radius 1 is 1.38 bits per heavy atom. The Morgan fingerprint density at radius 3 is 2.67 bits per heavy atom. The molecule has 0 bridgehead atoms. The summed E-state index contributed by atoms with van der Waals surface area (Å²) in [4.78, 5) is 5.12. The van der Waals surface area contributed by atoms with Crippen LogP contribution in [0.1, 0.15) is 0 Å². The maximum atomic E-state index is 12.1. The van der Waals surface area contributed by atoms with E-state index in [-0.39, 0.29) is 19.0 Å². The Balaban J connectivity index is 2.47. The molecule has 0 aliphatic rings. The van der Waals surface area contributed by atoms with E-state index in [0.717, 1.165) is 4.90 Å². The number of alkyl halides is 3. The van der Waals surface area contributed by atoms with Gasteiger partial charge in [-0.2, -0.15) is 13.2 Å². The Hall–Kier alpha value is -1.96. The molecule has 0 unspecified atom stereocenters. The first-order valence-electron chi connectivity index (χ1n) is 6.27. The molecule has 1 rings (SSSR count). The summed E-state index contributed by atoms with van der Waals surface area (Å²) in [7, 11) is 2.91. The first-order chi connectivity index (χ1) is 9.81. The second-order valence-corrected chi connectivity index (χ2v) is 4.45. The van der Waals surface area contributed by atoms with E-state index in [4.69, 9.17) is 10.5 Å². The number of anilines is 1. The van der Waals surface area contributed by atoms with Crippen LogP contribution in [0.15, 0.2) is 29.3 Å². The average molecular weight is 304 g/mol. The van der Waals surface area contributed by atoms with Crippen molar-refractivity contribution in [2.45, 2.75) is 6.18 Å². The number of nitrogens with one attached hydrogen (secondary N) is 1. The summed E-state index contributed by atoms with van der Waals surface area (Å²) in [5, 5.41) is 2.85. The maximum Gasteiger partial charge on any atom is 0.401 e. The average Bonchev–Trinajstić information content (AvgIpc) is 2.37. The fourth-order valence-electron chi connectivity index (χ4n) is 1.65. The van der Waals surface area contributed by atoms with Gasteiger partial charge in [-0.1, -0.05) is 12.1 Å². The monoisotopic (exact) mass is 304 g/mol. The Labute approximate surface area is 121 Å². The molecule has 118 valence electrons. The second-order valence-electron chi connectivity index (χ2n) is 4.45. The van der Waals surface area contributed by atoms with Gasteiger partial charge in [0.05, 0.1) is 25.9 Å². The van der Waals surface area contributed by atoms with Gasteiger partial charge in [-0.15, -0.1) is 0 Å². The summed E-state index contributed by atoms with van der Waals surface area (Å²) in [6.07, 6.45) is -4.21. The van der Waals surface area contributed by atoms with Gasteiger partial charge in [-0.25, -0.2) is 0 Å². The number of benzene rings is 1. The van der Waals surface area contributed by atoms with Crippen molar-refractivity contribution in [3.63, 3.8) is 0 Å². The molecular formula is C13H19F3N4O. The van der Waals surface area contributed by atoms with Gasteiger partial charge in [0.2, 0.25) is 0 Å². The molecule has 5 nitrogen and oxygen atoms in total. The van der Waals surface area contributed by atoms with Crippen LogP contribution in [0.3, 0.4) is 0 Å². The molecule has 8 heteroatoms. The van der Waals surface area contributed by atoms with Crippen molar-refractivity contribution in [2.75, 3.05) is 39.1 Å². The van der Waals surface area contributed by atoms with Crippen LogP contribution >= 0.6 is 0 Å². The predicted octanol–water partition coefficient (Wildman–Crippen LogP) is 1.92. The zero-order chi connectivity index (χ0) is 15.9. The van der Waals surface area contributed by atoms with Gasteiger partial charge < -0.3 is 15.8 Å². The summed E-state index contributed by atoms with van der Waals surface area (Å²) in [6.45, 7) is -0.642. The highest BCUT2D eigenvalue weighted by Crippen LogP contribution is 2.22. The normalized spacial score (nSPS) is 12.6. The summed E-state index contributed by atoms with van der Waals surface area (Å²) >= 11 is 0. The van der Waals surface area contributed by atoms with Gasteiger partial charge in [-0.05, 0) is 19.2 Å². The van der Waals surface area contributed by atoms with E-state index in [2.05, 4.69) is 10.3 Å². The van der Waals surface area contributed by atoms with E-state index in [1.54, 1.807) is 18.2 Å². The van der Waals surface area contributed by atoms with Crippen LogP contribution in [0.2, 0.25) is 0 Å². The first kappa shape index (κ1) is 17.1. The number of ether oxygens (including phenoxy) is 1. The van der Waals surface area contributed by atoms with Crippen LogP contribution in [0.5, 0.6) is 5.75 Å². The van der Waals surface area contributed by atoms with Gasteiger partial charge in [-0.3, -0.25) is 9.89 Å². The van der Waals surface area contributed by atoms with Crippen LogP contribution < -0.4 is 15.8 Å². The fraction of sp³-hybridized carbons (Fsp3) is 0.462. The molecule has 0 aliphatic carbocycles. The molecule has 0 saturated carbocycles. The molecule has 3 N–H and O–H groups in total. The van der Waals surface area contributed by atoms with Crippen molar-refractivity contribution in [2.24, 2.45) is 10.7 Å². The fourth-order valence-corrected chi connectivity index (χ4v) is 1.65. The predicted molar refractivity (Wildman–Crippen MR) is 76.7 cm³/mol. The third-order valence-electron chi connectivity index (χ3n) is 2.58. The molecular weight excluding hydrogens is 285 g/mol. The number of aliphatic imine (C=N–C) groups is 1. The van der Waals surface area contributed by atoms with E-state index in [1.165, 1.54) is 14.2 Å². The lowest BCUT2D eigenvalue weighted by atomic mass is 10.3. The van der Waals surface area contributed by atoms with Crippen molar-refractivity contribution >= 4 is 11.6 Å². The molecule has 0 fully saturated rings. The zero-order valence-electron chi connectivity index (χ0n) is 11.9. The molecule has 0 spiro atoms. The second kappa shape index (κ2) is 7.72. The van der Waals surface area contributed by atoms with Crippen molar-refractivity contribution < 1.29 is 17.9 Å². The van der Waals surface area contributed by atoms with Crippen LogP contribution in [0.4, 0.5) is 18.9 Å². The van der Waals surface area contributed by atoms with E-state index < -0.39 is 12.7 Å². The minimum atomic E-state index is -4.21. The minimum absolute atomic E-state index is 0.125. The quantitative estimate of drug-likeness (QED) is 0.622. The SMILES string of the molecule is COc1ccccc1NC(N)=NCCN(C)CC(F)(F)F. The third-order valence-corrected chi connectivity index (χ3v) is 2.58. The maximum absolute atomic E-state index is 12.1. The summed E-state index contributed by atoms with van der Waals surface area (Å²) < 4.78 is 41.5. The van der Waals surface area contributed by atoms with Gasteiger partial charge in [0, 0.05) is 6.54 Å². The van der Waals surface area contributed by atoms with E-state index in [1.807, 2.05) is 6.07 Å². The first-order valence-corrected chi connectivity index (χ1v) is 6.27. The van der Waals surface area contributed by atoms with Crippen molar-refractivity contribution in [3.05, 3.63) is 24.3 Å². The van der Waals surface area contributed by atoms with Gasteiger partial charge >= 0.3 is 6.18 Å². The summed E-state index contributed by atoms with van der Waals surface area (Å²) in [6, 6.07) is 7.13. The number of hydrogen-bond acceptors (Lipinski definition) is 3. The van der Waals surface area contributed by atoms with Crippen molar-refractivity contribution in [1.82, 2.24) is 4.90 Å². The smallest absolute Gasteiger partial charge is 0.401 e. The Kier molecular flexibility index (Phi) is 6.29. The molecule has 0 aliphatic heterocycles. The molecule has 1 aromatic carbocycles. The standard InChI is InChI=1S/C13H19F3N4O/c1-20(9-13(14,15)16)8-7-18-12(17)19-10-5-3-4-6-11(10)21-2/h3-6H,7-9H2,1-2H3,(H3,17,18,19). The lowest BCUT2D eigenvalue weighted by Gasteiger charge is -2.17. The van der Waals surface area contributed by atoms with Crippen LogP contribution in [-0.4, -0.2) is 50.8 Å². The van der Waals surface area contributed by atoms with E-state index in [9.17, 15) is 13.2 Å². The van der Waals surface area contributed by atoms with Gasteiger partial charge in [0.25, 0.3) is 0 Å². The summed E-state index contributed by atoms with van der Waals surface area (Å²) in [5.74, 6) is 0.727. The number of para-hydroxylation sites is 2. The highest BCUT2D eigenvalue weighted by Gasteiger charge is 2.28. The third kappa shape index (κ3) is 6.84. The minimum Gasteiger partial charge on any atom is -0.495 e. The number of likely N-dealkylation sites (N-methyl/N-ethyl adjacent to an activating group) is 1. The van der Waals surface area contributed by atoms with Crippen LogP contribution in [0, 0.1) is 0 Å². The zero-order valence-corrected chi connectivity index (χ0v) is 11.9. The number of hydrogen-bond donors (Lipinski definition) is 2. The molecule has 0 saturated heterocycles. The molecule has 1 aromatic rings. The van der Waals surface area contributed by atoms with Gasteiger partial charge in [0.15, 0.2) is 5.96 Å². The van der Waals surface area contributed by atoms with Crippen LogP contribution in [0.25, 0.3) is 0 Å². The van der Waals surface area contributed by atoms with Gasteiger partial charge in [0.1, 0.15) is 5.75 Å².